The van der Waals surface area contributed by atoms with Crippen LogP contribution in [-0.4, -0.2) is 37.6 Å². The quantitative estimate of drug-likeness (QED) is 0.696. The van der Waals surface area contributed by atoms with E-state index in [1.54, 1.807) is 7.05 Å². The molecule has 1 aliphatic carbocycles. The first-order chi connectivity index (χ1) is 5.94. The molecule has 13 heavy (non-hydrogen) atoms. The van der Waals surface area contributed by atoms with Gasteiger partial charge in [0.1, 0.15) is 0 Å². The third-order valence-corrected chi connectivity index (χ3v) is 4.64. The first kappa shape index (κ1) is 10.9. The molecule has 5 heteroatoms. The van der Waals surface area contributed by atoms with E-state index in [1.807, 2.05) is 6.92 Å². The number of nitrogens with two attached hydrogens (primary N) is 1. The zero-order valence-electron chi connectivity index (χ0n) is 8.23. The fourth-order valence-corrected chi connectivity index (χ4v) is 2.73. The van der Waals surface area contributed by atoms with Crippen LogP contribution in [0.25, 0.3) is 0 Å². The van der Waals surface area contributed by atoms with Gasteiger partial charge in [0.2, 0.25) is 10.0 Å². The second kappa shape index (κ2) is 3.94. The van der Waals surface area contributed by atoms with E-state index in [-0.39, 0.29) is 11.3 Å². The summed E-state index contributed by atoms with van der Waals surface area (Å²) < 4.78 is 24.6. The lowest BCUT2D eigenvalue weighted by Crippen LogP contribution is -2.33. The Labute approximate surface area is 80.1 Å². The van der Waals surface area contributed by atoms with Crippen LogP contribution < -0.4 is 5.73 Å². The lowest BCUT2D eigenvalue weighted by Gasteiger charge is -2.17. The fraction of sp³-hybridized carbons (Fsp3) is 1.00. The average molecular weight is 206 g/mol. The predicted octanol–water partition coefficient (Wildman–Crippen LogP) is 0.148. The highest BCUT2D eigenvalue weighted by atomic mass is 32.2. The summed E-state index contributed by atoms with van der Waals surface area (Å²) in [6.45, 7) is 2.42. The van der Waals surface area contributed by atoms with E-state index in [0.717, 1.165) is 19.3 Å². The van der Waals surface area contributed by atoms with Crippen LogP contribution in [0, 0.1) is 0 Å². The summed E-state index contributed by atoms with van der Waals surface area (Å²) in [6.07, 6.45) is 2.37. The van der Waals surface area contributed by atoms with Crippen molar-refractivity contribution in [1.82, 2.24) is 4.31 Å². The van der Waals surface area contributed by atoms with Crippen molar-refractivity contribution in [2.24, 2.45) is 5.73 Å². The number of nitrogens with zero attached hydrogens (tertiary/aromatic N) is 1. The van der Waals surface area contributed by atoms with Gasteiger partial charge in [-0.1, -0.05) is 0 Å². The Hall–Kier alpha value is -0.130. The van der Waals surface area contributed by atoms with Gasteiger partial charge in [-0.3, -0.25) is 0 Å². The lowest BCUT2D eigenvalue weighted by molar-refractivity contribution is 0.445. The second-order valence-corrected chi connectivity index (χ2v) is 6.15. The van der Waals surface area contributed by atoms with Crippen LogP contribution in [0.15, 0.2) is 0 Å². The van der Waals surface area contributed by atoms with Gasteiger partial charge >= 0.3 is 0 Å². The Kier molecular flexibility index (Phi) is 3.32. The Morgan fingerprint density at radius 3 is 2.46 bits per heavy atom. The van der Waals surface area contributed by atoms with Crippen molar-refractivity contribution in [1.29, 1.82) is 0 Å². The Morgan fingerprint density at radius 1 is 1.54 bits per heavy atom. The topological polar surface area (TPSA) is 63.4 Å². The van der Waals surface area contributed by atoms with Gasteiger partial charge in [0.15, 0.2) is 0 Å². The predicted molar refractivity (Wildman–Crippen MR) is 52.8 cm³/mol. The van der Waals surface area contributed by atoms with Crippen LogP contribution in [0.4, 0.5) is 0 Å². The minimum atomic E-state index is -2.98. The van der Waals surface area contributed by atoms with Gasteiger partial charge in [0.05, 0.1) is 5.25 Å². The van der Waals surface area contributed by atoms with E-state index in [0.29, 0.717) is 6.54 Å². The molecule has 0 spiro atoms. The third kappa shape index (κ3) is 2.93. The SMILES string of the molecule is CC(N)CCN(C)S(=O)(=O)C1CC1. The minimum Gasteiger partial charge on any atom is -0.328 e. The highest BCUT2D eigenvalue weighted by Crippen LogP contribution is 2.30. The summed E-state index contributed by atoms with van der Waals surface area (Å²) in [7, 11) is -1.35. The standard InChI is InChI=1S/C8H18N2O2S/c1-7(9)5-6-10(2)13(11,12)8-3-4-8/h7-8H,3-6,9H2,1-2H3. The minimum absolute atomic E-state index is 0.0665. The monoisotopic (exact) mass is 206 g/mol. The maximum absolute atomic E-state index is 11.6. The van der Waals surface area contributed by atoms with Crippen molar-refractivity contribution in [2.75, 3.05) is 13.6 Å². The van der Waals surface area contributed by atoms with Crippen LogP contribution in [-0.2, 0) is 10.0 Å². The van der Waals surface area contributed by atoms with Gasteiger partial charge in [-0.05, 0) is 26.2 Å². The lowest BCUT2D eigenvalue weighted by atomic mass is 10.2. The van der Waals surface area contributed by atoms with Crippen molar-refractivity contribution < 1.29 is 8.42 Å². The van der Waals surface area contributed by atoms with Crippen molar-refractivity contribution in [3.05, 3.63) is 0 Å². The average Bonchev–Trinajstić information content (AvgIpc) is 2.81. The molecule has 78 valence electrons. The van der Waals surface area contributed by atoms with Gasteiger partial charge in [-0.25, -0.2) is 12.7 Å². The molecule has 0 amide bonds. The van der Waals surface area contributed by atoms with Crippen LogP contribution >= 0.6 is 0 Å². The van der Waals surface area contributed by atoms with Crippen LogP contribution in [0.1, 0.15) is 26.2 Å². The summed E-state index contributed by atoms with van der Waals surface area (Å²) >= 11 is 0. The van der Waals surface area contributed by atoms with Crippen molar-refractivity contribution in [2.45, 2.75) is 37.5 Å². The van der Waals surface area contributed by atoms with Crippen LogP contribution in [0.3, 0.4) is 0 Å². The van der Waals surface area contributed by atoms with Crippen LogP contribution in [0.5, 0.6) is 0 Å². The molecular weight excluding hydrogens is 188 g/mol. The molecule has 1 fully saturated rings. The van der Waals surface area contributed by atoms with E-state index in [9.17, 15) is 8.42 Å². The summed E-state index contributed by atoms with van der Waals surface area (Å²) in [5.41, 5.74) is 5.55. The maximum atomic E-state index is 11.6. The zero-order valence-corrected chi connectivity index (χ0v) is 9.05. The third-order valence-electron chi connectivity index (χ3n) is 2.28. The molecule has 0 aromatic rings. The molecule has 4 nitrogen and oxygen atoms in total. The first-order valence-electron chi connectivity index (χ1n) is 4.65. The fourth-order valence-electron chi connectivity index (χ4n) is 1.13. The molecule has 0 bridgehead atoms. The molecule has 0 aliphatic heterocycles. The molecule has 1 saturated carbocycles. The number of hydrogen-bond donors (Lipinski definition) is 1. The largest absolute Gasteiger partial charge is 0.328 e. The highest BCUT2D eigenvalue weighted by Gasteiger charge is 2.38. The van der Waals surface area contributed by atoms with Crippen molar-refractivity contribution in [3.63, 3.8) is 0 Å². The number of hydrogen-bond acceptors (Lipinski definition) is 3. The molecule has 2 N–H and O–H groups in total. The van der Waals surface area contributed by atoms with E-state index >= 15 is 0 Å². The first-order valence-corrected chi connectivity index (χ1v) is 6.15. The molecule has 0 aromatic carbocycles. The van der Waals surface area contributed by atoms with Gasteiger partial charge in [0, 0.05) is 19.6 Å². The van der Waals surface area contributed by atoms with Gasteiger partial charge in [0.25, 0.3) is 0 Å². The van der Waals surface area contributed by atoms with Gasteiger partial charge in [-0.15, -0.1) is 0 Å². The van der Waals surface area contributed by atoms with E-state index in [4.69, 9.17) is 5.73 Å². The normalized spacial score (nSPS) is 20.6. The zero-order chi connectivity index (χ0) is 10.1. The summed E-state index contributed by atoms with van der Waals surface area (Å²) in [6, 6.07) is 0.0665. The Bertz CT molecular complexity index is 257. The molecule has 0 saturated heterocycles. The van der Waals surface area contributed by atoms with Crippen molar-refractivity contribution >= 4 is 10.0 Å². The summed E-state index contributed by atoms with van der Waals surface area (Å²) in [5, 5.41) is -0.106. The van der Waals surface area contributed by atoms with E-state index in [1.165, 1.54) is 4.31 Å². The Balaban J connectivity index is 2.42. The van der Waals surface area contributed by atoms with Gasteiger partial charge < -0.3 is 5.73 Å². The molecule has 1 unspecified atom stereocenters. The molecule has 1 aliphatic rings. The molecular formula is C8H18N2O2S. The van der Waals surface area contributed by atoms with E-state index < -0.39 is 10.0 Å². The maximum Gasteiger partial charge on any atom is 0.216 e. The second-order valence-electron chi connectivity index (χ2n) is 3.83. The van der Waals surface area contributed by atoms with Gasteiger partial charge in [-0.2, -0.15) is 0 Å². The van der Waals surface area contributed by atoms with Crippen LogP contribution in [0.2, 0.25) is 0 Å². The molecule has 0 heterocycles. The molecule has 0 aromatic heterocycles. The summed E-state index contributed by atoms with van der Waals surface area (Å²) in [5.74, 6) is 0. The molecule has 0 radical (unpaired) electrons. The van der Waals surface area contributed by atoms with E-state index in [2.05, 4.69) is 0 Å². The number of rotatable bonds is 5. The smallest absolute Gasteiger partial charge is 0.216 e. The molecule has 1 atom stereocenters. The number of sulfonamides is 1. The van der Waals surface area contributed by atoms with Crippen molar-refractivity contribution in [3.8, 4) is 0 Å². The summed E-state index contributed by atoms with van der Waals surface area (Å²) in [4.78, 5) is 0. The molecule has 1 rings (SSSR count). The Morgan fingerprint density at radius 2 is 2.08 bits per heavy atom. The highest BCUT2D eigenvalue weighted by molar-refractivity contribution is 7.90.